The van der Waals surface area contributed by atoms with E-state index in [4.69, 9.17) is 33.1 Å². The minimum atomic E-state index is -5.08. The van der Waals surface area contributed by atoms with E-state index in [0.29, 0.717) is 21.5 Å². The zero-order valence-electron chi connectivity index (χ0n) is 15.1. The molecule has 0 spiro atoms. The third-order valence-electron chi connectivity index (χ3n) is 5.33. The predicted molar refractivity (Wildman–Crippen MR) is 99.4 cm³/mol. The van der Waals surface area contributed by atoms with E-state index in [0.717, 1.165) is 18.9 Å². The highest BCUT2D eigenvalue weighted by atomic mass is 35.5. The number of aliphatic hydroxyl groups excluding tert-OH is 1. The number of nitrogens with one attached hydrogen (secondary N) is 1. The first-order valence-corrected chi connectivity index (χ1v) is 9.87. The van der Waals surface area contributed by atoms with Crippen LogP contribution in [0.4, 0.5) is 13.2 Å². The van der Waals surface area contributed by atoms with E-state index in [1.165, 1.54) is 32.1 Å². The summed E-state index contributed by atoms with van der Waals surface area (Å²) >= 11 is 12.3. The summed E-state index contributed by atoms with van der Waals surface area (Å²) < 4.78 is 31.7. The van der Waals surface area contributed by atoms with Crippen LogP contribution >= 0.6 is 23.2 Å². The van der Waals surface area contributed by atoms with E-state index < -0.39 is 18.2 Å². The minimum absolute atomic E-state index is 0.0364. The molecule has 3 N–H and O–H groups in total. The molecule has 0 unspecified atom stereocenters. The van der Waals surface area contributed by atoms with Gasteiger partial charge in [0.2, 0.25) is 0 Å². The van der Waals surface area contributed by atoms with Gasteiger partial charge in [-0.25, -0.2) is 4.79 Å². The summed E-state index contributed by atoms with van der Waals surface area (Å²) in [5.41, 5.74) is 0.607. The minimum Gasteiger partial charge on any atom is -0.475 e. The van der Waals surface area contributed by atoms with Gasteiger partial charge in [0.25, 0.3) is 0 Å². The summed E-state index contributed by atoms with van der Waals surface area (Å²) in [5, 5.41) is 22.1. The molecule has 1 saturated heterocycles. The number of carboxylic acids is 1. The molecule has 0 aromatic carbocycles. The molecule has 2 heterocycles. The highest BCUT2D eigenvalue weighted by Gasteiger charge is 2.38. The highest BCUT2D eigenvalue weighted by molar-refractivity contribution is 6.35. The first-order chi connectivity index (χ1) is 13.1. The van der Waals surface area contributed by atoms with Crippen LogP contribution in [0.3, 0.4) is 0 Å². The quantitative estimate of drug-likeness (QED) is 0.636. The molecule has 3 atom stereocenters. The van der Waals surface area contributed by atoms with Crippen molar-refractivity contribution < 1.29 is 28.2 Å². The zero-order valence-corrected chi connectivity index (χ0v) is 16.6. The van der Waals surface area contributed by atoms with Crippen molar-refractivity contribution in [1.82, 2.24) is 10.3 Å². The van der Waals surface area contributed by atoms with Gasteiger partial charge in [-0.15, -0.1) is 0 Å². The molecule has 1 saturated carbocycles. The summed E-state index contributed by atoms with van der Waals surface area (Å²) in [6.45, 7) is 0.993. The average molecular weight is 443 g/mol. The first kappa shape index (κ1) is 23.2. The van der Waals surface area contributed by atoms with Crippen molar-refractivity contribution in [3.63, 3.8) is 0 Å². The maximum atomic E-state index is 10.6. The van der Waals surface area contributed by atoms with Crippen LogP contribution < -0.4 is 5.32 Å². The van der Waals surface area contributed by atoms with Crippen LogP contribution in [0, 0.1) is 11.8 Å². The van der Waals surface area contributed by atoms with Crippen LogP contribution in [-0.2, 0) is 4.79 Å². The van der Waals surface area contributed by atoms with E-state index in [1.54, 1.807) is 12.4 Å². The van der Waals surface area contributed by atoms with Gasteiger partial charge in [-0.1, -0.05) is 55.3 Å². The van der Waals surface area contributed by atoms with Gasteiger partial charge >= 0.3 is 12.1 Å². The molecule has 5 nitrogen and oxygen atoms in total. The number of rotatable bonds is 3. The molecule has 158 valence electrons. The van der Waals surface area contributed by atoms with Crippen molar-refractivity contribution in [1.29, 1.82) is 0 Å². The Morgan fingerprint density at radius 2 is 1.68 bits per heavy atom. The van der Waals surface area contributed by atoms with Crippen molar-refractivity contribution in [2.75, 3.05) is 6.54 Å². The van der Waals surface area contributed by atoms with Crippen molar-refractivity contribution in [3.8, 4) is 0 Å². The van der Waals surface area contributed by atoms with Gasteiger partial charge in [-0.2, -0.15) is 13.2 Å². The lowest BCUT2D eigenvalue weighted by Gasteiger charge is -2.27. The second-order valence-electron chi connectivity index (χ2n) is 7.17. The third kappa shape index (κ3) is 6.20. The summed E-state index contributed by atoms with van der Waals surface area (Å²) in [6, 6.07) is 0.0364. The maximum absolute atomic E-state index is 10.6. The average Bonchev–Trinajstić information content (AvgIpc) is 3.12. The molecule has 0 amide bonds. The largest absolute Gasteiger partial charge is 0.490 e. The summed E-state index contributed by atoms with van der Waals surface area (Å²) in [6.07, 6.45) is 5.11. The molecular formula is C18H23Cl2F3N2O3. The molecule has 0 radical (unpaired) electrons. The Labute approximate surface area is 171 Å². The second-order valence-corrected chi connectivity index (χ2v) is 7.99. The Kier molecular flexibility index (Phi) is 8.36. The third-order valence-corrected chi connectivity index (χ3v) is 5.93. The number of pyridine rings is 1. The summed E-state index contributed by atoms with van der Waals surface area (Å²) in [5.74, 6) is -1.27. The summed E-state index contributed by atoms with van der Waals surface area (Å²) in [7, 11) is 0. The van der Waals surface area contributed by atoms with Crippen molar-refractivity contribution in [2.45, 2.75) is 56.8 Å². The standard InChI is InChI=1S/C16H22Cl2N2O.C2HF3O2/c17-12-8-19-9-13(18)15(12)16(21)14-6-11(7-20-14)10-4-2-1-3-5-10;3-2(4,5)1(6)7/h8-11,14,16,20-21H,1-7H2;(H,6,7)/t11-,14+,16-;/m1./s1. The number of hydrogen-bond acceptors (Lipinski definition) is 4. The molecule has 28 heavy (non-hydrogen) atoms. The van der Waals surface area contributed by atoms with Crippen LogP contribution in [0.2, 0.25) is 10.0 Å². The molecule has 10 heteroatoms. The van der Waals surface area contributed by atoms with E-state index in [2.05, 4.69) is 10.3 Å². The Bertz CT molecular complexity index is 650. The molecule has 2 fully saturated rings. The lowest BCUT2D eigenvalue weighted by molar-refractivity contribution is -0.192. The number of carbonyl (C=O) groups is 1. The number of aliphatic hydroxyl groups is 1. The maximum Gasteiger partial charge on any atom is 0.490 e. The number of alkyl halides is 3. The van der Waals surface area contributed by atoms with Gasteiger partial charge in [0.1, 0.15) is 0 Å². The normalized spacial score (nSPS) is 24.4. The lowest BCUT2D eigenvalue weighted by atomic mass is 9.78. The van der Waals surface area contributed by atoms with Crippen molar-refractivity contribution in [2.24, 2.45) is 11.8 Å². The SMILES string of the molecule is O=C(O)C(F)(F)F.O[C@@H](c1c(Cl)cncc1Cl)[C@@H]1C[C@@H](C2CCCCC2)CN1. The second kappa shape index (κ2) is 10.1. The fraction of sp³-hybridized carbons (Fsp3) is 0.667. The molecule has 3 rings (SSSR count). The van der Waals surface area contributed by atoms with Crippen molar-refractivity contribution >= 4 is 29.2 Å². The number of aromatic nitrogens is 1. The van der Waals surface area contributed by atoms with Crippen LogP contribution in [0.1, 0.15) is 50.2 Å². The van der Waals surface area contributed by atoms with E-state index >= 15 is 0 Å². The fourth-order valence-corrected chi connectivity index (χ4v) is 4.49. The Hall–Kier alpha value is -1.09. The van der Waals surface area contributed by atoms with Crippen LogP contribution in [-0.4, -0.2) is 39.9 Å². The topological polar surface area (TPSA) is 82.5 Å². The molecule has 1 aromatic rings. The van der Waals surface area contributed by atoms with Gasteiger partial charge in [0, 0.05) is 24.0 Å². The van der Waals surface area contributed by atoms with Crippen LogP contribution in [0.25, 0.3) is 0 Å². The molecule has 1 aliphatic carbocycles. The van der Waals surface area contributed by atoms with E-state index in [1.807, 2.05) is 0 Å². The fourth-order valence-electron chi connectivity index (χ4n) is 3.91. The van der Waals surface area contributed by atoms with Gasteiger partial charge in [-0.3, -0.25) is 4.98 Å². The van der Waals surface area contributed by atoms with Crippen LogP contribution in [0.5, 0.6) is 0 Å². The van der Waals surface area contributed by atoms with Crippen molar-refractivity contribution in [3.05, 3.63) is 28.0 Å². The predicted octanol–water partition coefficient (Wildman–Crippen LogP) is 4.61. The smallest absolute Gasteiger partial charge is 0.475 e. The molecule has 1 aliphatic heterocycles. The zero-order chi connectivity index (χ0) is 20.9. The molecular weight excluding hydrogens is 420 g/mol. The number of carboxylic acid groups (broad SMARTS) is 1. The Morgan fingerprint density at radius 1 is 1.14 bits per heavy atom. The van der Waals surface area contributed by atoms with Gasteiger partial charge in [-0.05, 0) is 24.8 Å². The van der Waals surface area contributed by atoms with Gasteiger partial charge in [0.05, 0.1) is 16.1 Å². The highest BCUT2D eigenvalue weighted by Crippen LogP contribution is 2.39. The molecule has 1 aromatic heterocycles. The number of nitrogens with zero attached hydrogens (tertiary/aromatic N) is 1. The van der Waals surface area contributed by atoms with Gasteiger partial charge < -0.3 is 15.5 Å². The Balaban J connectivity index is 0.000000345. The number of aliphatic carboxylic acids is 1. The van der Waals surface area contributed by atoms with Gasteiger partial charge in [0.15, 0.2) is 0 Å². The molecule has 2 aliphatic rings. The number of halogens is 5. The first-order valence-electron chi connectivity index (χ1n) is 9.11. The number of hydrogen-bond donors (Lipinski definition) is 3. The Morgan fingerprint density at radius 3 is 2.18 bits per heavy atom. The molecule has 0 bridgehead atoms. The summed E-state index contributed by atoms with van der Waals surface area (Å²) in [4.78, 5) is 12.8. The van der Waals surface area contributed by atoms with E-state index in [-0.39, 0.29) is 6.04 Å². The monoisotopic (exact) mass is 442 g/mol. The van der Waals surface area contributed by atoms with E-state index in [9.17, 15) is 18.3 Å². The lowest BCUT2D eigenvalue weighted by Crippen LogP contribution is -2.29. The van der Waals surface area contributed by atoms with Crippen LogP contribution in [0.15, 0.2) is 12.4 Å².